The molecule has 0 aromatic heterocycles. The van der Waals surface area contributed by atoms with Crippen LogP contribution < -0.4 is 0 Å². The zero-order chi connectivity index (χ0) is 12.9. The van der Waals surface area contributed by atoms with Crippen molar-refractivity contribution >= 4 is 0 Å². The zero-order valence-electron chi connectivity index (χ0n) is 12.9. The predicted molar refractivity (Wildman–Crippen MR) is 78.4 cm³/mol. The highest BCUT2D eigenvalue weighted by Gasteiger charge is 2.51. The molecular formula is C18H32. The highest BCUT2D eigenvalue weighted by Crippen LogP contribution is 2.60. The summed E-state index contributed by atoms with van der Waals surface area (Å²) in [5.74, 6) is 6.25. The van der Waals surface area contributed by atoms with Gasteiger partial charge in [-0.3, -0.25) is 0 Å². The molecule has 0 spiro atoms. The van der Waals surface area contributed by atoms with Gasteiger partial charge < -0.3 is 0 Å². The van der Waals surface area contributed by atoms with Gasteiger partial charge in [-0.05, 0) is 66.6 Å². The van der Waals surface area contributed by atoms with E-state index in [4.69, 9.17) is 0 Å². The Bertz CT molecular complexity index is 295. The van der Waals surface area contributed by atoms with Gasteiger partial charge in [-0.2, -0.15) is 0 Å². The van der Waals surface area contributed by atoms with Gasteiger partial charge in [-0.1, -0.05) is 47.0 Å². The quantitative estimate of drug-likeness (QED) is 0.617. The lowest BCUT2D eigenvalue weighted by molar-refractivity contribution is 0.0737. The van der Waals surface area contributed by atoms with E-state index in [2.05, 4.69) is 27.7 Å². The van der Waals surface area contributed by atoms with E-state index in [1.54, 1.807) is 19.3 Å². The molecule has 104 valence electrons. The van der Waals surface area contributed by atoms with Crippen LogP contribution in [0.1, 0.15) is 72.6 Å². The normalized spacial score (nSPS) is 52.3. The lowest BCUT2D eigenvalue weighted by Gasteiger charge is -2.42. The Hall–Kier alpha value is 0. The van der Waals surface area contributed by atoms with Crippen LogP contribution >= 0.6 is 0 Å². The van der Waals surface area contributed by atoms with Gasteiger partial charge in [-0.25, -0.2) is 0 Å². The minimum atomic E-state index is 0.711. The molecule has 0 aromatic rings. The maximum absolute atomic E-state index is 2.62. The SMILES string of the molecule is CCC1CC(C)C(C)C2CC(C)(CC3CC3)CC12. The number of fused-ring (bicyclic) bond motifs is 1. The highest BCUT2D eigenvalue weighted by atomic mass is 14.6. The van der Waals surface area contributed by atoms with Crippen LogP contribution in [0.2, 0.25) is 0 Å². The van der Waals surface area contributed by atoms with E-state index in [1.807, 2.05) is 0 Å². The molecule has 0 N–H and O–H groups in total. The Labute approximate surface area is 114 Å². The van der Waals surface area contributed by atoms with Crippen molar-refractivity contribution in [2.24, 2.45) is 40.9 Å². The van der Waals surface area contributed by atoms with Gasteiger partial charge in [0, 0.05) is 0 Å². The average Bonchev–Trinajstić information content (AvgIpc) is 3.04. The third-order valence-corrected chi connectivity index (χ3v) is 6.86. The molecule has 3 fully saturated rings. The van der Waals surface area contributed by atoms with Crippen molar-refractivity contribution in [1.82, 2.24) is 0 Å². The Balaban J connectivity index is 1.75. The fourth-order valence-electron chi connectivity index (χ4n) is 5.56. The summed E-state index contributed by atoms with van der Waals surface area (Å²) in [6.45, 7) is 10.1. The Kier molecular flexibility index (Phi) is 3.27. The van der Waals surface area contributed by atoms with Gasteiger partial charge in [0.05, 0.1) is 0 Å². The van der Waals surface area contributed by atoms with Crippen molar-refractivity contribution in [3.05, 3.63) is 0 Å². The van der Waals surface area contributed by atoms with Crippen LogP contribution in [0.15, 0.2) is 0 Å². The van der Waals surface area contributed by atoms with E-state index in [9.17, 15) is 0 Å². The lowest BCUT2D eigenvalue weighted by atomic mass is 9.63. The monoisotopic (exact) mass is 248 g/mol. The van der Waals surface area contributed by atoms with E-state index in [0.717, 1.165) is 35.5 Å². The predicted octanol–water partition coefficient (Wildman–Crippen LogP) is 5.52. The van der Waals surface area contributed by atoms with Crippen LogP contribution in [0.4, 0.5) is 0 Å². The lowest BCUT2D eigenvalue weighted by Crippen LogP contribution is -2.34. The van der Waals surface area contributed by atoms with E-state index in [1.165, 1.54) is 25.7 Å². The summed E-state index contributed by atoms with van der Waals surface area (Å²) in [5.41, 5.74) is 0.711. The summed E-state index contributed by atoms with van der Waals surface area (Å²) in [4.78, 5) is 0. The fraction of sp³-hybridized carbons (Fsp3) is 1.00. The van der Waals surface area contributed by atoms with E-state index in [-0.39, 0.29) is 0 Å². The van der Waals surface area contributed by atoms with E-state index >= 15 is 0 Å². The molecule has 3 aliphatic rings. The maximum atomic E-state index is 2.62. The van der Waals surface area contributed by atoms with Crippen LogP contribution in [-0.4, -0.2) is 0 Å². The zero-order valence-corrected chi connectivity index (χ0v) is 12.9. The molecule has 0 heterocycles. The molecular weight excluding hydrogens is 216 g/mol. The van der Waals surface area contributed by atoms with Crippen LogP contribution in [0, 0.1) is 40.9 Å². The molecule has 0 radical (unpaired) electrons. The Morgan fingerprint density at radius 2 is 1.72 bits per heavy atom. The minimum absolute atomic E-state index is 0.711. The summed E-state index contributed by atoms with van der Waals surface area (Å²) in [6.07, 6.45) is 10.7. The fourth-order valence-corrected chi connectivity index (χ4v) is 5.56. The molecule has 0 aromatic carbocycles. The summed E-state index contributed by atoms with van der Waals surface area (Å²) in [7, 11) is 0. The smallest absolute Gasteiger partial charge is 0.0318 e. The molecule has 0 aliphatic heterocycles. The van der Waals surface area contributed by atoms with Gasteiger partial charge in [0.2, 0.25) is 0 Å². The summed E-state index contributed by atoms with van der Waals surface area (Å²) < 4.78 is 0. The van der Waals surface area contributed by atoms with Crippen molar-refractivity contribution in [2.45, 2.75) is 72.6 Å². The van der Waals surface area contributed by atoms with Gasteiger partial charge in [0.15, 0.2) is 0 Å². The first-order chi connectivity index (χ1) is 8.52. The first-order valence-electron chi connectivity index (χ1n) is 8.52. The molecule has 3 rings (SSSR count). The maximum Gasteiger partial charge on any atom is -0.0318 e. The third-order valence-electron chi connectivity index (χ3n) is 6.86. The second kappa shape index (κ2) is 4.53. The van der Waals surface area contributed by atoms with Gasteiger partial charge in [-0.15, -0.1) is 0 Å². The molecule has 18 heavy (non-hydrogen) atoms. The molecule has 3 saturated carbocycles. The molecule has 6 unspecified atom stereocenters. The molecule has 0 nitrogen and oxygen atoms in total. The van der Waals surface area contributed by atoms with Crippen molar-refractivity contribution in [3.8, 4) is 0 Å². The molecule has 0 amide bonds. The second-order valence-corrected chi connectivity index (χ2v) is 8.43. The Morgan fingerprint density at radius 1 is 1.06 bits per heavy atom. The van der Waals surface area contributed by atoms with Crippen LogP contribution in [0.3, 0.4) is 0 Å². The molecule has 0 heteroatoms. The van der Waals surface area contributed by atoms with E-state index in [0.29, 0.717) is 5.41 Å². The van der Waals surface area contributed by atoms with Crippen LogP contribution in [0.5, 0.6) is 0 Å². The summed E-state index contributed by atoms with van der Waals surface area (Å²) in [6, 6.07) is 0. The van der Waals surface area contributed by atoms with Gasteiger partial charge >= 0.3 is 0 Å². The molecule has 6 atom stereocenters. The van der Waals surface area contributed by atoms with Crippen molar-refractivity contribution < 1.29 is 0 Å². The largest absolute Gasteiger partial charge is 0.0651 e. The number of hydrogen-bond acceptors (Lipinski definition) is 0. The Morgan fingerprint density at radius 3 is 2.33 bits per heavy atom. The standard InChI is InChI=1S/C18H32/c1-5-15-8-12(2)13(3)16-10-18(4,11-17(15)16)9-14-6-7-14/h12-17H,5-11H2,1-4H3. The second-order valence-electron chi connectivity index (χ2n) is 8.43. The summed E-state index contributed by atoms with van der Waals surface area (Å²) in [5, 5.41) is 0. The average molecular weight is 248 g/mol. The van der Waals surface area contributed by atoms with Crippen LogP contribution in [-0.2, 0) is 0 Å². The molecule has 0 saturated heterocycles. The van der Waals surface area contributed by atoms with E-state index < -0.39 is 0 Å². The number of rotatable bonds is 3. The van der Waals surface area contributed by atoms with Crippen molar-refractivity contribution in [1.29, 1.82) is 0 Å². The van der Waals surface area contributed by atoms with Crippen molar-refractivity contribution in [3.63, 3.8) is 0 Å². The first kappa shape index (κ1) is 13.0. The number of hydrogen-bond donors (Lipinski definition) is 0. The third kappa shape index (κ3) is 2.25. The summed E-state index contributed by atoms with van der Waals surface area (Å²) >= 11 is 0. The minimum Gasteiger partial charge on any atom is -0.0651 e. The van der Waals surface area contributed by atoms with Crippen LogP contribution in [0.25, 0.3) is 0 Å². The highest BCUT2D eigenvalue weighted by molar-refractivity contribution is 5.01. The molecule has 3 aliphatic carbocycles. The molecule has 0 bridgehead atoms. The first-order valence-corrected chi connectivity index (χ1v) is 8.52. The van der Waals surface area contributed by atoms with Crippen molar-refractivity contribution in [2.75, 3.05) is 0 Å². The van der Waals surface area contributed by atoms with Gasteiger partial charge in [0.1, 0.15) is 0 Å². The topological polar surface area (TPSA) is 0 Å². The van der Waals surface area contributed by atoms with Gasteiger partial charge in [0.25, 0.3) is 0 Å².